The topological polar surface area (TPSA) is 61.6 Å². The SMILES string of the molecule is CC(CCn1c(=S)[nH]c2ccc(C#N)cc21)S(C)=O. The van der Waals surface area contributed by atoms with Gasteiger partial charge in [0.25, 0.3) is 0 Å². The third kappa shape index (κ3) is 2.94. The molecule has 0 saturated carbocycles. The molecule has 1 N–H and O–H groups in total. The van der Waals surface area contributed by atoms with Gasteiger partial charge >= 0.3 is 0 Å². The van der Waals surface area contributed by atoms with Crippen molar-refractivity contribution in [3.8, 4) is 6.07 Å². The summed E-state index contributed by atoms with van der Waals surface area (Å²) in [4.78, 5) is 3.12. The molecular weight excluding hydrogens is 278 g/mol. The molecule has 0 fully saturated rings. The van der Waals surface area contributed by atoms with Crippen LogP contribution in [0.1, 0.15) is 18.9 Å². The van der Waals surface area contributed by atoms with Gasteiger partial charge in [-0.15, -0.1) is 0 Å². The Labute approximate surface area is 119 Å². The second-order valence-corrected chi connectivity index (χ2v) is 6.71. The molecule has 0 radical (unpaired) electrons. The van der Waals surface area contributed by atoms with E-state index < -0.39 is 10.8 Å². The number of nitrogens with zero attached hydrogens (tertiary/aromatic N) is 2. The normalized spacial score (nSPS) is 14.2. The van der Waals surface area contributed by atoms with Gasteiger partial charge in [-0.2, -0.15) is 5.26 Å². The molecule has 0 bridgehead atoms. The highest BCUT2D eigenvalue weighted by Gasteiger charge is 2.09. The summed E-state index contributed by atoms with van der Waals surface area (Å²) in [6.07, 6.45) is 2.51. The predicted octanol–water partition coefficient (Wildman–Crippen LogP) is 2.73. The summed E-state index contributed by atoms with van der Waals surface area (Å²) in [5, 5.41) is 9.08. The fourth-order valence-electron chi connectivity index (χ4n) is 1.92. The molecule has 2 aromatic rings. The average molecular weight is 293 g/mol. The Morgan fingerprint density at radius 1 is 1.58 bits per heavy atom. The zero-order chi connectivity index (χ0) is 14.0. The third-order valence-corrected chi connectivity index (χ3v) is 4.92. The lowest BCUT2D eigenvalue weighted by atomic mass is 10.2. The van der Waals surface area contributed by atoms with Gasteiger partial charge in [-0.3, -0.25) is 4.21 Å². The Kier molecular flexibility index (Phi) is 4.17. The van der Waals surface area contributed by atoms with Crippen LogP contribution in [0.3, 0.4) is 0 Å². The minimum atomic E-state index is -0.828. The van der Waals surface area contributed by atoms with E-state index in [0.29, 0.717) is 16.9 Å². The number of aromatic amines is 1. The Balaban J connectivity index is 2.37. The molecule has 0 saturated heterocycles. The van der Waals surface area contributed by atoms with Crippen LogP contribution in [0.4, 0.5) is 0 Å². The smallest absolute Gasteiger partial charge is 0.178 e. The minimum absolute atomic E-state index is 0.131. The number of hydrogen-bond donors (Lipinski definition) is 1. The number of aryl methyl sites for hydroxylation is 1. The van der Waals surface area contributed by atoms with Crippen LogP contribution < -0.4 is 0 Å². The lowest BCUT2D eigenvalue weighted by molar-refractivity contribution is 0.625. The highest BCUT2D eigenvalue weighted by atomic mass is 32.2. The van der Waals surface area contributed by atoms with Gasteiger partial charge in [-0.25, -0.2) is 0 Å². The molecule has 2 atom stereocenters. The molecule has 4 nitrogen and oxygen atoms in total. The number of rotatable bonds is 4. The van der Waals surface area contributed by atoms with Crippen LogP contribution in [0.25, 0.3) is 11.0 Å². The molecule has 1 aromatic carbocycles. The molecule has 1 aromatic heterocycles. The number of hydrogen-bond acceptors (Lipinski definition) is 3. The van der Waals surface area contributed by atoms with E-state index in [0.717, 1.165) is 17.5 Å². The standard InChI is InChI=1S/C13H15N3OS2/c1-9(19(2)17)5-6-16-12-7-10(8-14)3-4-11(12)15-13(16)18/h3-4,7,9H,5-6H2,1-2H3,(H,15,18). The molecule has 0 spiro atoms. The van der Waals surface area contributed by atoms with Crippen LogP contribution in [-0.4, -0.2) is 25.3 Å². The van der Waals surface area contributed by atoms with Crippen molar-refractivity contribution in [1.29, 1.82) is 5.26 Å². The summed E-state index contributed by atoms with van der Waals surface area (Å²) in [5.41, 5.74) is 2.47. The van der Waals surface area contributed by atoms with Crippen molar-refractivity contribution in [1.82, 2.24) is 9.55 Å². The second kappa shape index (κ2) is 5.68. The third-order valence-electron chi connectivity index (χ3n) is 3.23. The number of benzene rings is 1. The molecule has 2 unspecified atom stereocenters. The number of nitriles is 1. The Bertz CT molecular complexity index is 724. The monoisotopic (exact) mass is 293 g/mol. The van der Waals surface area contributed by atoms with Gasteiger partial charge in [-0.1, -0.05) is 6.92 Å². The summed E-state index contributed by atoms with van der Waals surface area (Å²) < 4.78 is 14.0. The highest BCUT2D eigenvalue weighted by Crippen LogP contribution is 2.17. The largest absolute Gasteiger partial charge is 0.331 e. The zero-order valence-electron chi connectivity index (χ0n) is 10.8. The fraction of sp³-hybridized carbons (Fsp3) is 0.385. The summed E-state index contributed by atoms with van der Waals surface area (Å²) in [6.45, 7) is 2.67. The molecule has 100 valence electrons. The summed E-state index contributed by atoms with van der Waals surface area (Å²) in [7, 11) is -0.828. The number of aromatic nitrogens is 2. The number of fused-ring (bicyclic) bond motifs is 1. The van der Waals surface area contributed by atoms with Crippen LogP contribution in [0.5, 0.6) is 0 Å². The lowest BCUT2D eigenvalue weighted by Gasteiger charge is -2.09. The van der Waals surface area contributed by atoms with Gasteiger partial charge in [0, 0.05) is 28.9 Å². The molecule has 2 rings (SSSR count). The Morgan fingerprint density at radius 3 is 2.95 bits per heavy atom. The van der Waals surface area contributed by atoms with Crippen LogP contribution in [-0.2, 0) is 17.3 Å². The van der Waals surface area contributed by atoms with Crippen molar-refractivity contribution >= 4 is 34.1 Å². The van der Waals surface area contributed by atoms with E-state index in [4.69, 9.17) is 17.5 Å². The van der Waals surface area contributed by atoms with Crippen molar-refractivity contribution in [2.24, 2.45) is 0 Å². The first-order valence-corrected chi connectivity index (χ1v) is 8.00. The van der Waals surface area contributed by atoms with Gasteiger partial charge in [0.15, 0.2) is 4.77 Å². The quantitative estimate of drug-likeness (QED) is 0.882. The van der Waals surface area contributed by atoms with Crippen molar-refractivity contribution in [2.45, 2.75) is 25.1 Å². The van der Waals surface area contributed by atoms with Crippen LogP contribution >= 0.6 is 12.2 Å². The first-order valence-electron chi connectivity index (χ1n) is 5.98. The van der Waals surface area contributed by atoms with E-state index in [1.165, 1.54) is 0 Å². The minimum Gasteiger partial charge on any atom is -0.331 e. The van der Waals surface area contributed by atoms with E-state index in [9.17, 15) is 4.21 Å². The van der Waals surface area contributed by atoms with Crippen molar-refractivity contribution in [2.75, 3.05) is 6.26 Å². The van der Waals surface area contributed by atoms with Crippen LogP contribution in [0, 0.1) is 16.1 Å². The van der Waals surface area contributed by atoms with Crippen molar-refractivity contribution < 1.29 is 4.21 Å². The summed E-state index contributed by atoms with van der Waals surface area (Å²) >= 11 is 5.30. The molecular formula is C13H15N3OS2. The maximum Gasteiger partial charge on any atom is 0.178 e. The first kappa shape index (κ1) is 14.0. The molecule has 0 aliphatic rings. The Morgan fingerprint density at radius 2 is 2.32 bits per heavy atom. The average Bonchev–Trinajstić information content (AvgIpc) is 2.70. The van der Waals surface area contributed by atoms with E-state index in [-0.39, 0.29) is 5.25 Å². The number of nitrogens with one attached hydrogen (secondary N) is 1. The first-order chi connectivity index (χ1) is 9.02. The van der Waals surface area contributed by atoms with Gasteiger partial charge in [0.1, 0.15) is 0 Å². The predicted molar refractivity (Wildman–Crippen MR) is 80.0 cm³/mol. The molecule has 0 aliphatic carbocycles. The molecule has 0 aliphatic heterocycles. The van der Waals surface area contributed by atoms with E-state index in [2.05, 4.69) is 11.1 Å². The van der Waals surface area contributed by atoms with Gasteiger partial charge in [0.2, 0.25) is 0 Å². The van der Waals surface area contributed by atoms with Gasteiger partial charge in [-0.05, 0) is 36.8 Å². The van der Waals surface area contributed by atoms with E-state index in [1.807, 2.05) is 23.6 Å². The molecule has 19 heavy (non-hydrogen) atoms. The van der Waals surface area contributed by atoms with Crippen LogP contribution in [0.2, 0.25) is 0 Å². The van der Waals surface area contributed by atoms with Gasteiger partial charge in [0.05, 0.1) is 22.7 Å². The number of H-pyrrole nitrogens is 1. The molecule has 1 heterocycles. The van der Waals surface area contributed by atoms with Gasteiger partial charge < -0.3 is 9.55 Å². The van der Waals surface area contributed by atoms with Crippen molar-refractivity contribution in [3.63, 3.8) is 0 Å². The number of imidazole rings is 1. The van der Waals surface area contributed by atoms with Crippen LogP contribution in [0.15, 0.2) is 18.2 Å². The summed E-state index contributed by atoms with van der Waals surface area (Å²) in [5.74, 6) is 0. The van der Waals surface area contributed by atoms with E-state index in [1.54, 1.807) is 12.3 Å². The fourth-order valence-corrected chi connectivity index (χ4v) is 2.66. The molecule has 6 heteroatoms. The molecule has 0 amide bonds. The summed E-state index contributed by atoms with van der Waals surface area (Å²) in [6, 6.07) is 7.59. The highest BCUT2D eigenvalue weighted by molar-refractivity contribution is 7.84. The maximum atomic E-state index is 11.4. The second-order valence-electron chi connectivity index (χ2n) is 4.52. The van der Waals surface area contributed by atoms with E-state index >= 15 is 0 Å². The maximum absolute atomic E-state index is 11.4. The lowest BCUT2D eigenvalue weighted by Crippen LogP contribution is -2.12. The van der Waals surface area contributed by atoms with Crippen molar-refractivity contribution in [3.05, 3.63) is 28.5 Å². The zero-order valence-corrected chi connectivity index (χ0v) is 12.5. The Hall–Kier alpha value is -1.45.